The molecule has 0 aromatic carbocycles. The predicted octanol–water partition coefficient (Wildman–Crippen LogP) is 4.96. The van der Waals surface area contributed by atoms with Crippen LogP contribution in [0.5, 0.6) is 0 Å². The molecule has 2 N–H and O–H groups in total. The van der Waals surface area contributed by atoms with Crippen molar-refractivity contribution in [3.63, 3.8) is 0 Å². The summed E-state index contributed by atoms with van der Waals surface area (Å²) in [6, 6.07) is 0.660. The molecule has 0 saturated heterocycles. The molecule has 7 nitrogen and oxygen atoms in total. The molecule has 32 heavy (non-hydrogen) atoms. The van der Waals surface area contributed by atoms with Crippen molar-refractivity contribution < 1.29 is 4.79 Å². The van der Waals surface area contributed by atoms with Gasteiger partial charge in [-0.1, -0.05) is 56.7 Å². The van der Waals surface area contributed by atoms with Crippen molar-refractivity contribution in [1.29, 1.82) is 0 Å². The van der Waals surface area contributed by atoms with Gasteiger partial charge in [0.1, 0.15) is 11.8 Å². The third kappa shape index (κ3) is 7.04. The SMILES string of the molecule is C/C1=C/C/C=C\CC=CC1n1cnc2c(NCC(C)(C)C)ncnc21.CC(=O)NC1CC1. The van der Waals surface area contributed by atoms with Gasteiger partial charge in [-0.05, 0) is 38.0 Å². The molecular formula is C25H36N6O. The fourth-order valence-corrected chi connectivity index (χ4v) is 3.37. The minimum atomic E-state index is 0.0995. The largest absolute Gasteiger partial charge is 0.368 e. The Hall–Kier alpha value is -2.96. The van der Waals surface area contributed by atoms with Gasteiger partial charge in [0.05, 0.1) is 12.4 Å². The zero-order valence-corrected chi connectivity index (χ0v) is 19.9. The van der Waals surface area contributed by atoms with E-state index in [1.54, 1.807) is 13.3 Å². The molecule has 7 heteroatoms. The number of anilines is 1. The third-order valence-electron chi connectivity index (χ3n) is 5.23. The molecule has 1 fully saturated rings. The normalized spacial score (nSPS) is 21.3. The summed E-state index contributed by atoms with van der Waals surface area (Å²) in [7, 11) is 0. The molecule has 0 spiro atoms. The maximum Gasteiger partial charge on any atom is 0.217 e. The van der Waals surface area contributed by atoms with E-state index in [0.29, 0.717) is 6.04 Å². The number of carbonyl (C=O) groups excluding carboxylic acids is 1. The number of amides is 1. The fourth-order valence-electron chi connectivity index (χ4n) is 3.37. The Balaban J connectivity index is 0.000000352. The number of nitrogens with one attached hydrogen (secondary N) is 2. The van der Waals surface area contributed by atoms with Gasteiger partial charge in [0.15, 0.2) is 11.5 Å². The van der Waals surface area contributed by atoms with Crippen LogP contribution in [0.15, 0.2) is 48.6 Å². The summed E-state index contributed by atoms with van der Waals surface area (Å²) in [4.78, 5) is 23.7. The summed E-state index contributed by atoms with van der Waals surface area (Å²) in [5, 5.41) is 6.20. The number of nitrogens with zero attached hydrogens (tertiary/aromatic N) is 4. The molecule has 0 bridgehead atoms. The Bertz CT molecular complexity index is 1010. The molecule has 0 aliphatic heterocycles. The summed E-state index contributed by atoms with van der Waals surface area (Å²) in [5.74, 6) is 0.900. The molecule has 1 unspecified atom stereocenters. The molecule has 2 aliphatic rings. The number of rotatable bonds is 4. The van der Waals surface area contributed by atoms with Gasteiger partial charge in [-0.3, -0.25) is 4.79 Å². The van der Waals surface area contributed by atoms with Gasteiger partial charge in [0.2, 0.25) is 5.91 Å². The van der Waals surface area contributed by atoms with E-state index in [0.717, 1.165) is 36.4 Å². The first-order valence-corrected chi connectivity index (χ1v) is 11.4. The van der Waals surface area contributed by atoms with Crippen LogP contribution in [0.1, 0.15) is 66.3 Å². The summed E-state index contributed by atoms with van der Waals surface area (Å²) in [5.41, 5.74) is 3.16. The van der Waals surface area contributed by atoms with Gasteiger partial charge in [-0.25, -0.2) is 15.0 Å². The predicted molar refractivity (Wildman–Crippen MR) is 130 cm³/mol. The van der Waals surface area contributed by atoms with Gasteiger partial charge in [-0.15, -0.1) is 0 Å². The molecule has 2 aromatic heterocycles. The van der Waals surface area contributed by atoms with Crippen LogP contribution in [0.3, 0.4) is 0 Å². The van der Waals surface area contributed by atoms with Crippen LogP contribution < -0.4 is 10.6 Å². The second-order valence-electron chi connectivity index (χ2n) is 9.70. The van der Waals surface area contributed by atoms with E-state index in [4.69, 9.17) is 0 Å². The molecular weight excluding hydrogens is 400 g/mol. The van der Waals surface area contributed by atoms with Crippen molar-refractivity contribution in [2.75, 3.05) is 11.9 Å². The zero-order valence-electron chi connectivity index (χ0n) is 19.9. The number of hydrogen-bond acceptors (Lipinski definition) is 5. The molecule has 172 valence electrons. The standard InChI is InChI=1S/C20H27N5.C5H9NO/c1-15-10-8-6-5-7-9-11-16(15)25-14-24-17-18(21-12-20(2,3)4)22-13-23-19(17)25;1-4(7)6-5-2-3-5/h5-6,9-11,13-14,16H,7-8,12H2,1-4H3,(H,21,22,23);5H,2-3H2,1H3,(H,6,7)/b6-5-,11-9?,15-10-;. The Labute approximate surface area is 191 Å². The average molecular weight is 437 g/mol. The van der Waals surface area contributed by atoms with Crippen LogP contribution in [0, 0.1) is 5.41 Å². The maximum atomic E-state index is 10.2. The molecule has 2 aromatic rings. The minimum Gasteiger partial charge on any atom is -0.368 e. The monoisotopic (exact) mass is 436 g/mol. The Morgan fingerprint density at radius 3 is 2.53 bits per heavy atom. The molecule has 2 aliphatic carbocycles. The molecule has 2 heterocycles. The highest BCUT2D eigenvalue weighted by Crippen LogP contribution is 2.27. The molecule has 0 radical (unpaired) electrons. The number of hydrogen-bond donors (Lipinski definition) is 2. The molecule has 1 saturated carbocycles. The van der Waals surface area contributed by atoms with Crippen molar-refractivity contribution in [2.24, 2.45) is 5.41 Å². The third-order valence-corrected chi connectivity index (χ3v) is 5.23. The van der Waals surface area contributed by atoms with Crippen molar-refractivity contribution in [3.05, 3.63) is 48.6 Å². The van der Waals surface area contributed by atoms with Crippen LogP contribution >= 0.6 is 0 Å². The highest BCUT2D eigenvalue weighted by atomic mass is 16.1. The highest BCUT2D eigenvalue weighted by Gasteiger charge is 2.21. The minimum absolute atomic E-state index is 0.0995. The van der Waals surface area contributed by atoms with Crippen LogP contribution in [0.4, 0.5) is 5.82 Å². The van der Waals surface area contributed by atoms with E-state index in [-0.39, 0.29) is 17.4 Å². The molecule has 4 rings (SSSR count). The quantitative estimate of drug-likeness (QED) is 0.662. The number of imidazole rings is 1. The summed E-state index contributed by atoms with van der Waals surface area (Å²) in [6.45, 7) is 11.1. The number of allylic oxidation sites excluding steroid dienone is 6. The van der Waals surface area contributed by atoms with E-state index < -0.39 is 0 Å². The Morgan fingerprint density at radius 2 is 1.88 bits per heavy atom. The Morgan fingerprint density at radius 1 is 1.12 bits per heavy atom. The van der Waals surface area contributed by atoms with Gasteiger partial charge in [0, 0.05) is 19.5 Å². The zero-order chi connectivity index (χ0) is 23.1. The van der Waals surface area contributed by atoms with Crippen molar-refractivity contribution in [2.45, 2.75) is 72.4 Å². The van der Waals surface area contributed by atoms with Gasteiger partial charge in [0.25, 0.3) is 0 Å². The lowest BCUT2D eigenvalue weighted by molar-refractivity contribution is -0.119. The smallest absolute Gasteiger partial charge is 0.217 e. The first-order valence-electron chi connectivity index (χ1n) is 11.4. The van der Waals surface area contributed by atoms with Crippen molar-refractivity contribution >= 4 is 22.9 Å². The summed E-state index contributed by atoms with van der Waals surface area (Å²) >= 11 is 0. The number of fused-ring (bicyclic) bond motifs is 1. The summed E-state index contributed by atoms with van der Waals surface area (Å²) < 4.78 is 2.13. The Kier molecular flexibility index (Phi) is 7.83. The van der Waals surface area contributed by atoms with E-state index in [2.05, 4.69) is 88.2 Å². The molecule has 1 atom stereocenters. The molecule has 1 amide bonds. The summed E-state index contributed by atoms with van der Waals surface area (Å²) in [6.07, 6.45) is 18.9. The van der Waals surface area contributed by atoms with Gasteiger partial charge >= 0.3 is 0 Å². The lowest BCUT2D eigenvalue weighted by Crippen LogP contribution is -2.21. The lowest BCUT2D eigenvalue weighted by Gasteiger charge is -2.19. The van der Waals surface area contributed by atoms with Gasteiger partial charge < -0.3 is 15.2 Å². The number of carbonyl (C=O) groups is 1. The van der Waals surface area contributed by atoms with Crippen LogP contribution in [0.25, 0.3) is 11.2 Å². The van der Waals surface area contributed by atoms with E-state index in [1.807, 2.05) is 6.33 Å². The maximum absolute atomic E-state index is 10.2. The van der Waals surface area contributed by atoms with Crippen LogP contribution in [0.2, 0.25) is 0 Å². The number of aromatic nitrogens is 4. The average Bonchev–Trinajstić information content (AvgIpc) is 3.40. The first kappa shape index (κ1) is 23.7. The van der Waals surface area contributed by atoms with E-state index in [1.165, 1.54) is 18.4 Å². The van der Waals surface area contributed by atoms with E-state index >= 15 is 0 Å². The second-order valence-corrected chi connectivity index (χ2v) is 9.70. The van der Waals surface area contributed by atoms with Crippen LogP contribution in [-0.4, -0.2) is 38.0 Å². The van der Waals surface area contributed by atoms with E-state index in [9.17, 15) is 4.79 Å². The first-order chi connectivity index (χ1) is 15.2. The van der Waals surface area contributed by atoms with Crippen molar-refractivity contribution in [3.8, 4) is 0 Å². The topological polar surface area (TPSA) is 84.7 Å². The van der Waals surface area contributed by atoms with Gasteiger partial charge in [-0.2, -0.15) is 0 Å². The fraction of sp³-hybridized carbons (Fsp3) is 0.520. The van der Waals surface area contributed by atoms with Crippen LogP contribution in [-0.2, 0) is 4.79 Å². The lowest BCUT2D eigenvalue weighted by atomic mass is 9.97. The van der Waals surface area contributed by atoms with Crippen molar-refractivity contribution in [1.82, 2.24) is 24.8 Å². The highest BCUT2D eigenvalue weighted by molar-refractivity contribution is 5.82. The second kappa shape index (κ2) is 10.6.